The van der Waals surface area contributed by atoms with Gasteiger partial charge in [0, 0.05) is 6.04 Å². The molecule has 0 saturated carbocycles. The zero-order chi connectivity index (χ0) is 12.3. The highest BCUT2D eigenvalue weighted by molar-refractivity contribution is 6.42. The average Bonchev–Trinajstić information content (AvgIpc) is 2.24. The van der Waals surface area contributed by atoms with Crippen LogP contribution >= 0.6 is 23.2 Å². The van der Waals surface area contributed by atoms with Crippen molar-refractivity contribution in [3.05, 3.63) is 33.8 Å². The van der Waals surface area contributed by atoms with E-state index in [0.717, 1.165) is 5.56 Å². The quantitative estimate of drug-likeness (QED) is 0.639. The summed E-state index contributed by atoms with van der Waals surface area (Å²) in [5, 5.41) is 1.13. The van der Waals surface area contributed by atoms with Gasteiger partial charge in [0.25, 0.3) is 0 Å². The number of nitrogens with two attached hydrogens (primary N) is 1. The van der Waals surface area contributed by atoms with Gasteiger partial charge in [0.2, 0.25) is 0 Å². The highest BCUT2D eigenvalue weighted by Crippen LogP contribution is 2.31. The Morgan fingerprint density at radius 1 is 1.12 bits per heavy atom. The molecule has 0 bridgehead atoms. The van der Waals surface area contributed by atoms with Gasteiger partial charge in [-0.25, -0.2) is 0 Å². The minimum Gasteiger partial charge on any atom is -0.271 e. The topological polar surface area (TPSA) is 38.0 Å². The van der Waals surface area contributed by atoms with E-state index in [9.17, 15) is 0 Å². The first-order valence-electron chi connectivity index (χ1n) is 5.38. The number of rotatable bonds is 4. The fourth-order valence-electron chi connectivity index (χ4n) is 1.64. The lowest BCUT2D eigenvalue weighted by Gasteiger charge is -2.26. The molecule has 1 rings (SSSR count). The van der Waals surface area contributed by atoms with Gasteiger partial charge in [0.1, 0.15) is 0 Å². The number of hydrazine groups is 1. The first kappa shape index (κ1) is 13.8. The lowest BCUT2D eigenvalue weighted by atomic mass is 9.86. The van der Waals surface area contributed by atoms with Crippen LogP contribution < -0.4 is 11.3 Å². The van der Waals surface area contributed by atoms with E-state index in [1.54, 1.807) is 6.07 Å². The van der Waals surface area contributed by atoms with Crippen LogP contribution in [0.3, 0.4) is 0 Å². The number of hydrogen-bond acceptors (Lipinski definition) is 2. The van der Waals surface area contributed by atoms with Gasteiger partial charge in [-0.1, -0.05) is 50.0 Å². The van der Waals surface area contributed by atoms with E-state index in [2.05, 4.69) is 26.2 Å². The van der Waals surface area contributed by atoms with E-state index >= 15 is 0 Å². The fraction of sp³-hybridized carbons (Fsp3) is 0.500. The maximum atomic E-state index is 6.00. The van der Waals surface area contributed by atoms with E-state index < -0.39 is 0 Å². The van der Waals surface area contributed by atoms with E-state index in [1.807, 2.05) is 12.1 Å². The number of halogens is 2. The van der Waals surface area contributed by atoms with Crippen LogP contribution in [0.5, 0.6) is 0 Å². The molecule has 3 N–H and O–H groups in total. The molecule has 2 atom stereocenters. The van der Waals surface area contributed by atoms with Crippen LogP contribution in [0.4, 0.5) is 0 Å². The first-order valence-corrected chi connectivity index (χ1v) is 6.14. The largest absolute Gasteiger partial charge is 0.271 e. The smallest absolute Gasteiger partial charge is 0.0595 e. The van der Waals surface area contributed by atoms with Crippen molar-refractivity contribution in [1.82, 2.24) is 5.43 Å². The zero-order valence-electron chi connectivity index (χ0n) is 9.80. The molecule has 2 nitrogen and oxygen atoms in total. The normalized spacial score (nSPS) is 15.2. The molecule has 0 aliphatic carbocycles. The van der Waals surface area contributed by atoms with Crippen LogP contribution in [0.15, 0.2) is 18.2 Å². The average molecular weight is 261 g/mol. The molecule has 2 unspecified atom stereocenters. The summed E-state index contributed by atoms with van der Waals surface area (Å²) in [7, 11) is 0. The maximum absolute atomic E-state index is 6.00. The molecule has 0 radical (unpaired) electrons. The van der Waals surface area contributed by atoms with E-state index in [1.165, 1.54) is 0 Å². The third-order valence-corrected chi connectivity index (χ3v) is 3.80. The number of hydrogen-bond donors (Lipinski definition) is 2. The van der Waals surface area contributed by atoms with Crippen molar-refractivity contribution in [3.63, 3.8) is 0 Å². The summed E-state index contributed by atoms with van der Waals surface area (Å²) in [5.74, 6) is 6.56. The molecule has 16 heavy (non-hydrogen) atoms. The van der Waals surface area contributed by atoms with E-state index in [0.29, 0.717) is 21.9 Å². The predicted molar refractivity (Wildman–Crippen MR) is 70.5 cm³/mol. The van der Waals surface area contributed by atoms with Crippen molar-refractivity contribution in [2.75, 3.05) is 0 Å². The number of nitrogens with one attached hydrogen (secondary N) is 1. The maximum Gasteiger partial charge on any atom is 0.0595 e. The van der Waals surface area contributed by atoms with Gasteiger partial charge < -0.3 is 0 Å². The highest BCUT2D eigenvalue weighted by Gasteiger charge is 2.21. The third-order valence-electron chi connectivity index (χ3n) is 3.06. The molecule has 90 valence electrons. The van der Waals surface area contributed by atoms with E-state index in [4.69, 9.17) is 29.0 Å². The van der Waals surface area contributed by atoms with Crippen molar-refractivity contribution >= 4 is 23.2 Å². The highest BCUT2D eigenvalue weighted by atomic mass is 35.5. The minimum atomic E-state index is 0.0924. The van der Waals surface area contributed by atoms with Gasteiger partial charge in [0.05, 0.1) is 10.0 Å². The molecule has 0 heterocycles. The lowest BCUT2D eigenvalue weighted by molar-refractivity contribution is 0.306. The Kier molecular flexibility index (Phi) is 5.06. The van der Waals surface area contributed by atoms with Crippen molar-refractivity contribution < 1.29 is 0 Å². The standard InChI is InChI=1S/C12H18Cl2N2/c1-7(2)8(3)12(16-15)9-4-5-10(13)11(14)6-9/h4-8,12,16H,15H2,1-3H3. The molecule has 0 aromatic heterocycles. The monoisotopic (exact) mass is 260 g/mol. The third kappa shape index (κ3) is 3.11. The summed E-state index contributed by atoms with van der Waals surface area (Å²) >= 11 is 11.9. The van der Waals surface area contributed by atoms with Crippen LogP contribution in [-0.2, 0) is 0 Å². The minimum absolute atomic E-state index is 0.0924. The van der Waals surface area contributed by atoms with Crippen LogP contribution in [0, 0.1) is 11.8 Å². The van der Waals surface area contributed by atoms with Crippen LogP contribution in [0.1, 0.15) is 32.4 Å². The summed E-state index contributed by atoms with van der Waals surface area (Å²) in [6.07, 6.45) is 0. The summed E-state index contributed by atoms with van der Waals surface area (Å²) in [5.41, 5.74) is 3.91. The Labute approximate surface area is 107 Å². The molecule has 1 aromatic rings. The second kappa shape index (κ2) is 5.87. The molecule has 1 aromatic carbocycles. The Morgan fingerprint density at radius 3 is 2.19 bits per heavy atom. The summed E-state index contributed by atoms with van der Waals surface area (Å²) in [6, 6.07) is 5.72. The molecule has 0 aliphatic rings. The molecule has 0 saturated heterocycles. The second-order valence-electron chi connectivity index (χ2n) is 4.42. The van der Waals surface area contributed by atoms with E-state index in [-0.39, 0.29) is 6.04 Å². The molecule has 0 aliphatic heterocycles. The second-order valence-corrected chi connectivity index (χ2v) is 5.24. The van der Waals surface area contributed by atoms with Gasteiger partial charge in [-0.3, -0.25) is 11.3 Å². The van der Waals surface area contributed by atoms with Gasteiger partial charge in [-0.2, -0.15) is 0 Å². The molecular formula is C12H18Cl2N2. The van der Waals surface area contributed by atoms with Crippen molar-refractivity contribution in [1.29, 1.82) is 0 Å². The van der Waals surface area contributed by atoms with Crippen molar-refractivity contribution in [3.8, 4) is 0 Å². The molecule has 4 heteroatoms. The van der Waals surface area contributed by atoms with Gasteiger partial charge in [0.15, 0.2) is 0 Å². The predicted octanol–water partition coefficient (Wildman–Crippen LogP) is 3.79. The molecular weight excluding hydrogens is 243 g/mol. The Hall–Kier alpha value is -0.280. The SMILES string of the molecule is CC(C)C(C)C(NN)c1ccc(Cl)c(Cl)c1. The fourth-order valence-corrected chi connectivity index (χ4v) is 1.95. The van der Waals surface area contributed by atoms with Crippen molar-refractivity contribution in [2.24, 2.45) is 17.7 Å². The zero-order valence-corrected chi connectivity index (χ0v) is 11.3. The molecule has 0 fully saturated rings. The Balaban J connectivity index is 2.99. The lowest BCUT2D eigenvalue weighted by Crippen LogP contribution is -2.34. The Morgan fingerprint density at radius 2 is 1.75 bits per heavy atom. The summed E-state index contributed by atoms with van der Waals surface area (Å²) in [6.45, 7) is 6.51. The van der Waals surface area contributed by atoms with Crippen LogP contribution in [-0.4, -0.2) is 0 Å². The summed E-state index contributed by atoms with van der Waals surface area (Å²) < 4.78 is 0. The van der Waals surface area contributed by atoms with Gasteiger partial charge in [-0.05, 0) is 29.5 Å². The first-order chi connectivity index (χ1) is 7.47. The van der Waals surface area contributed by atoms with Crippen LogP contribution in [0.2, 0.25) is 10.0 Å². The molecule has 0 amide bonds. The van der Waals surface area contributed by atoms with Gasteiger partial charge >= 0.3 is 0 Å². The molecule has 0 spiro atoms. The Bertz CT molecular complexity index is 353. The van der Waals surface area contributed by atoms with Crippen molar-refractivity contribution in [2.45, 2.75) is 26.8 Å². The van der Waals surface area contributed by atoms with Gasteiger partial charge in [-0.15, -0.1) is 0 Å². The number of benzene rings is 1. The summed E-state index contributed by atoms with van der Waals surface area (Å²) in [4.78, 5) is 0. The van der Waals surface area contributed by atoms with Crippen LogP contribution in [0.25, 0.3) is 0 Å².